The number of anilines is 2. The van der Waals surface area contributed by atoms with Gasteiger partial charge in [0.2, 0.25) is 10.0 Å². The summed E-state index contributed by atoms with van der Waals surface area (Å²) in [4.78, 5) is 23.2. The number of carbonyl (C=O) groups excluding carboxylic acids is 2. The number of nitrogens with two attached hydrogens (primary N) is 1. The minimum absolute atomic E-state index is 0.104. The van der Waals surface area contributed by atoms with E-state index in [-0.39, 0.29) is 16.4 Å². The molecule has 4 N–H and O–H groups in total. The van der Waals surface area contributed by atoms with Crippen LogP contribution in [0, 0.1) is 6.92 Å². The Morgan fingerprint density at radius 2 is 1.73 bits per heavy atom. The molecule has 0 aliphatic carbocycles. The summed E-state index contributed by atoms with van der Waals surface area (Å²) in [6.45, 7) is 1.63. The summed E-state index contributed by atoms with van der Waals surface area (Å²) in [5.74, 6) is -1.29. The van der Waals surface area contributed by atoms with Gasteiger partial charge < -0.3 is 9.84 Å². The molecule has 0 aliphatic rings. The van der Waals surface area contributed by atoms with Crippen molar-refractivity contribution in [1.29, 1.82) is 0 Å². The monoisotopic (exact) mass is 324 g/mol. The van der Waals surface area contributed by atoms with Crippen molar-refractivity contribution in [2.24, 2.45) is 5.14 Å². The smallest absolute Gasteiger partial charge is 0.315 e. The maximum absolute atomic E-state index is 11.7. The van der Waals surface area contributed by atoms with Crippen molar-refractivity contribution in [3.05, 3.63) is 36.1 Å². The maximum atomic E-state index is 11.7. The number of rotatable bonds is 3. The van der Waals surface area contributed by atoms with E-state index in [0.717, 1.165) is 0 Å². The first-order valence-electron chi connectivity index (χ1n) is 5.94. The van der Waals surface area contributed by atoms with Crippen molar-refractivity contribution in [2.45, 2.75) is 11.8 Å². The van der Waals surface area contributed by atoms with Crippen molar-refractivity contribution < 1.29 is 22.5 Å². The van der Waals surface area contributed by atoms with E-state index in [2.05, 4.69) is 15.8 Å². The lowest BCUT2D eigenvalue weighted by Crippen LogP contribution is -2.29. The first kappa shape index (κ1) is 15.7. The molecule has 2 aromatic rings. The van der Waals surface area contributed by atoms with Crippen LogP contribution in [-0.4, -0.2) is 25.4 Å². The second-order valence-electron chi connectivity index (χ2n) is 4.30. The number of benzene rings is 1. The Kier molecular flexibility index (Phi) is 4.24. The summed E-state index contributed by atoms with van der Waals surface area (Å²) >= 11 is 0. The molecule has 9 nitrogen and oxygen atoms in total. The summed E-state index contributed by atoms with van der Waals surface area (Å²) in [5, 5.41) is 13.0. The molecule has 1 aromatic carbocycles. The van der Waals surface area contributed by atoms with Crippen molar-refractivity contribution in [3.63, 3.8) is 0 Å². The fourth-order valence-corrected chi connectivity index (χ4v) is 2.03. The minimum atomic E-state index is -3.81. The van der Waals surface area contributed by atoms with Crippen LogP contribution in [0.4, 0.5) is 11.5 Å². The number of hydrogen-bond donors (Lipinski definition) is 3. The van der Waals surface area contributed by atoms with Gasteiger partial charge in [0.15, 0.2) is 5.82 Å². The number of amides is 2. The first-order chi connectivity index (χ1) is 10.3. The van der Waals surface area contributed by atoms with Crippen LogP contribution in [0.15, 0.2) is 39.8 Å². The normalized spacial score (nSPS) is 11.0. The number of carbonyl (C=O) groups is 2. The molecule has 10 heteroatoms. The van der Waals surface area contributed by atoms with E-state index in [1.807, 2.05) is 0 Å². The molecule has 0 bridgehead atoms. The lowest BCUT2D eigenvalue weighted by atomic mass is 10.3. The van der Waals surface area contributed by atoms with Crippen LogP contribution in [0.2, 0.25) is 0 Å². The Hall–Kier alpha value is -2.72. The van der Waals surface area contributed by atoms with Gasteiger partial charge in [-0.1, -0.05) is 5.16 Å². The largest absolute Gasteiger partial charge is 0.360 e. The number of nitrogens with zero attached hydrogens (tertiary/aromatic N) is 1. The molecule has 0 spiro atoms. The molecule has 0 atom stereocenters. The van der Waals surface area contributed by atoms with E-state index in [4.69, 9.17) is 9.66 Å². The molecule has 2 amide bonds. The molecule has 0 saturated heterocycles. The lowest BCUT2D eigenvalue weighted by Gasteiger charge is -2.05. The Bertz CT molecular complexity index is 810. The molecule has 1 aromatic heterocycles. The van der Waals surface area contributed by atoms with E-state index in [1.54, 1.807) is 6.92 Å². The third-order valence-corrected chi connectivity index (χ3v) is 3.45. The number of sulfonamides is 1. The second kappa shape index (κ2) is 5.95. The van der Waals surface area contributed by atoms with Gasteiger partial charge in [0, 0.05) is 11.8 Å². The predicted octanol–water partition coefficient (Wildman–Crippen LogP) is 0.208. The van der Waals surface area contributed by atoms with Gasteiger partial charge in [0.05, 0.1) is 4.90 Å². The maximum Gasteiger partial charge on any atom is 0.315 e. The van der Waals surface area contributed by atoms with Gasteiger partial charge in [-0.05, 0) is 31.2 Å². The summed E-state index contributed by atoms with van der Waals surface area (Å²) in [6.07, 6.45) is 0. The topological polar surface area (TPSA) is 144 Å². The predicted molar refractivity (Wildman–Crippen MR) is 76.3 cm³/mol. The number of nitrogens with one attached hydrogen (secondary N) is 2. The van der Waals surface area contributed by atoms with Gasteiger partial charge in [0.1, 0.15) is 5.76 Å². The van der Waals surface area contributed by atoms with Crippen LogP contribution >= 0.6 is 0 Å². The molecule has 116 valence electrons. The van der Waals surface area contributed by atoms with Gasteiger partial charge in [-0.15, -0.1) is 0 Å². The highest BCUT2D eigenvalue weighted by Gasteiger charge is 2.16. The number of primary sulfonamides is 1. The quantitative estimate of drug-likeness (QED) is 0.688. The van der Waals surface area contributed by atoms with Crippen LogP contribution in [-0.2, 0) is 19.6 Å². The zero-order valence-corrected chi connectivity index (χ0v) is 12.2. The van der Waals surface area contributed by atoms with Gasteiger partial charge >= 0.3 is 11.8 Å². The average Bonchev–Trinajstić information content (AvgIpc) is 2.83. The fraction of sp³-hybridized carbons (Fsp3) is 0.0833. The van der Waals surface area contributed by atoms with Crippen LogP contribution in [0.5, 0.6) is 0 Å². The summed E-state index contributed by atoms with van der Waals surface area (Å²) < 4.78 is 26.9. The first-order valence-corrected chi connectivity index (χ1v) is 7.49. The number of aryl methyl sites for hydroxylation is 1. The Labute approximate surface area is 125 Å². The lowest BCUT2D eigenvalue weighted by molar-refractivity contribution is -0.133. The van der Waals surface area contributed by atoms with E-state index in [9.17, 15) is 18.0 Å². The third kappa shape index (κ3) is 3.90. The summed E-state index contributed by atoms with van der Waals surface area (Å²) in [5.41, 5.74) is 0.240. The van der Waals surface area contributed by atoms with Gasteiger partial charge in [-0.25, -0.2) is 13.6 Å². The van der Waals surface area contributed by atoms with Crippen molar-refractivity contribution in [1.82, 2.24) is 5.16 Å². The van der Waals surface area contributed by atoms with Crippen LogP contribution in [0.1, 0.15) is 5.76 Å². The van der Waals surface area contributed by atoms with Crippen molar-refractivity contribution in [2.75, 3.05) is 10.6 Å². The van der Waals surface area contributed by atoms with Crippen molar-refractivity contribution >= 4 is 33.3 Å². The number of aromatic nitrogens is 1. The highest BCUT2D eigenvalue weighted by molar-refractivity contribution is 7.89. The molecule has 0 saturated carbocycles. The molecule has 1 heterocycles. The molecule has 0 unspecified atom stereocenters. The Morgan fingerprint density at radius 3 is 2.23 bits per heavy atom. The Morgan fingerprint density at radius 1 is 1.14 bits per heavy atom. The van der Waals surface area contributed by atoms with E-state index in [1.165, 1.54) is 30.3 Å². The molecule has 0 radical (unpaired) electrons. The third-order valence-electron chi connectivity index (χ3n) is 2.52. The highest BCUT2D eigenvalue weighted by Crippen LogP contribution is 2.13. The average molecular weight is 324 g/mol. The highest BCUT2D eigenvalue weighted by atomic mass is 32.2. The van der Waals surface area contributed by atoms with E-state index in [0.29, 0.717) is 5.76 Å². The SMILES string of the molecule is Cc1cc(NC(=O)C(=O)Nc2ccc(S(N)(=O)=O)cc2)no1. The molecular formula is C12H12N4O5S. The zero-order valence-electron chi connectivity index (χ0n) is 11.4. The molecule has 22 heavy (non-hydrogen) atoms. The standard InChI is InChI=1S/C12H12N4O5S/c1-7-6-10(16-21-7)15-12(18)11(17)14-8-2-4-9(5-3-8)22(13,19)20/h2-6H,1H3,(H,14,17)(H2,13,19,20)(H,15,16,18). The van der Waals surface area contributed by atoms with Crippen LogP contribution in [0.3, 0.4) is 0 Å². The molecular weight excluding hydrogens is 312 g/mol. The van der Waals surface area contributed by atoms with Gasteiger partial charge in [-0.2, -0.15) is 0 Å². The second-order valence-corrected chi connectivity index (χ2v) is 5.86. The summed E-state index contributed by atoms with van der Waals surface area (Å²) in [6, 6.07) is 6.50. The Balaban J connectivity index is 2.01. The number of hydrogen-bond acceptors (Lipinski definition) is 6. The van der Waals surface area contributed by atoms with Crippen LogP contribution < -0.4 is 15.8 Å². The van der Waals surface area contributed by atoms with E-state index >= 15 is 0 Å². The van der Waals surface area contributed by atoms with E-state index < -0.39 is 21.8 Å². The van der Waals surface area contributed by atoms with Crippen molar-refractivity contribution in [3.8, 4) is 0 Å². The fourth-order valence-electron chi connectivity index (χ4n) is 1.51. The zero-order chi connectivity index (χ0) is 16.3. The van der Waals surface area contributed by atoms with Crippen LogP contribution in [0.25, 0.3) is 0 Å². The van der Waals surface area contributed by atoms with Gasteiger partial charge in [0.25, 0.3) is 0 Å². The summed E-state index contributed by atoms with van der Waals surface area (Å²) in [7, 11) is -3.81. The minimum Gasteiger partial charge on any atom is -0.360 e. The molecule has 2 rings (SSSR count). The molecule has 0 aliphatic heterocycles. The van der Waals surface area contributed by atoms with Gasteiger partial charge in [-0.3, -0.25) is 14.9 Å². The molecule has 0 fully saturated rings.